The van der Waals surface area contributed by atoms with Gasteiger partial charge in [-0.25, -0.2) is 0 Å². The summed E-state index contributed by atoms with van der Waals surface area (Å²) < 4.78 is 28.7. The quantitative estimate of drug-likeness (QED) is 0.740. The molecule has 2 unspecified atom stereocenters. The summed E-state index contributed by atoms with van der Waals surface area (Å²) in [5.74, 6) is -0.105. The molecule has 2 aromatic carbocycles. The first kappa shape index (κ1) is 19.1. The Morgan fingerprint density at radius 1 is 1.11 bits per heavy atom. The summed E-state index contributed by atoms with van der Waals surface area (Å²) in [4.78, 5) is 24.2. The van der Waals surface area contributed by atoms with Gasteiger partial charge in [0.15, 0.2) is 0 Å². The Morgan fingerprint density at radius 3 is 2.30 bits per heavy atom. The van der Waals surface area contributed by atoms with Crippen LogP contribution in [0.1, 0.15) is 23.7 Å². The molecule has 2 atom stereocenters. The van der Waals surface area contributed by atoms with E-state index in [-0.39, 0.29) is 22.6 Å². The lowest BCUT2D eigenvalue weighted by molar-refractivity contribution is -0.117. The maximum atomic E-state index is 12.3. The number of nitrogens with one attached hydrogen (secondary N) is 2. The van der Waals surface area contributed by atoms with Crippen molar-refractivity contribution in [3.63, 3.8) is 0 Å². The molecule has 0 bridgehead atoms. The van der Waals surface area contributed by atoms with Crippen molar-refractivity contribution in [3.05, 3.63) is 53.1 Å². The van der Waals surface area contributed by atoms with Gasteiger partial charge >= 0.3 is 6.61 Å². The molecule has 0 radical (unpaired) electrons. The summed E-state index contributed by atoms with van der Waals surface area (Å²) >= 11 is 5.86. The Bertz CT molecular complexity index is 859. The van der Waals surface area contributed by atoms with Crippen LogP contribution in [-0.4, -0.2) is 18.4 Å². The Balaban J connectivity index is 1.60. The summed E-state index contributed by atoms with van der Waals surface area (Å²) in [6, 6.07) is 10.4. The average molecular weight is 395 g/mol. The zero-order valence-electron chi connectivity index (χ0n) is 14.3. The number of hydrogen-bond acceptors (Lipinski definition) is 3. The van der Waals surface area contributed by atoms with Crippen LogP contribution in [0.4, 0.5) is 20.2 Å². The van der Waals surface area contributed by atoms with Gasteiger partial charge < -0.3 is 15.4 Å². The van der Waals surface area contributed by atoms with E-state index in [9.17, 15) is 18.4 Å². The van der Waals surface area contributed by atoms with Crippen LogP contribution in [0, 0.1) is 11.8 Å². The highest BCUT2D eigenvalue weighted by molar-refractivity contribution is 6.32. The fraction of sp³-hybridized carbons (Fsp3) is 0.263. The number of hydrogen-bond donors (Lipinski definition) is 2. The zero-order chi connectivity index (χ0) is 19.6. The molecule has 8 heteroatoms. The monoisotopic (exact) mass is 394 g/mol. The number of ether oxygens (including phenoxy) is 1. The van der Waals surface area contributed by atoms with Crippen LogP contribution in [0.2, 0.25) is 5.02 Å². The minimum Gasteiger partial charge on any atom is -0.433 e. The third kappa shape index (κ3) is 4.95. The molecule has 2 amide bonds. The largest absolute Gasteiger partial charge is 0.433 e. The lowest BCUT2D eigenvalue weighted by Gasteiger charge is -2.10. The van der Waals surface area contributed by atoms with E-state index in [1.807, 2.05) is 6.92 Å². The molecule has 1 aliphatic rings. The van der Waals surface area contributed by atoms with Crippen molar-refractivity contribution in [2.45, 2.75) is 20.0 Å². The number of rotatable bonds is 6. The number of anilines is 2. The molecule has 2 aromatic rings. The smallest absolute Gasteiger partial charge is 0.387 e. The van der Waals surface area contributed by atoms with Gasteiger partial charge in [0, 0.05) is 22.9 Å². The number of carbonyl (C=O) groups excluding carboxylic acids is 2. The van der Waals surface area contributed by atoms with Crippen molar-refractivity contribution < 1.29 is 23.1 Å². The maximum absolute atomic E-state index is 12.3. The van der Waals surface area contributed by atoms with Crippen molar-refractivity contribution in [1.29, 1.82) is 0 Å². The van der Waals surface area contributed by atoms with E-state index in [1.165, 1.54) is 18.2 Å². The van der Waals surface area contributed by atoms with Crippen molar-refractivity contribution in [1.82, 2.24) is 0 Å². The Labute approximate surface area is 159 Å². The SMILES string of the molecule is CC1CC1C(=O)Nc1ccc(C(=O)Nc2ccc(OC(F)F)c(Cl)c2)cc1. The molecule has 1 saturated carbocycles. The van der Waals surface area contributed by atoms with Gasteiger partial charge in [0.2, 0.25) is 5.91 Å². The van der Waals surface area contributed by atoms with Crippen LogP contribution < -0.4 is 15.4 Å². The van der Waals surface area contributed by atoms with Gasteiger partial charge in [-0.05, 0) is 54.8 Å². The van der Waals surface area contributed by atoms with Gasteiger partial charge in [0.05, 0.1) is 5.02 Å². The predicted molar refractivity (Wildman–Crippen MR) is 98.4 cm³/mol. The summed E-state index contributed by atoms with van der Waals surface area (Å²) in [7, 11) is 0. The van der Waals surface area contributed by atoms with Crippen LogP contribution in [-0.2, 0) is 4.79 Å². The van der Waals surface area contributed by atoms with Crippen LogP contribution in [0.25, 0.3) is 0 Å². The minimum atomic E-state index is -2.98. The molecule has 0 aromatic heterocycles. The summed E-state index contributed by atoms with van der Waals surface area (Å²) in [5.41, 5.74) is 1.33. The van der Waals surface area contributed by atoms with E-state index < -0.39 is 12.5 Å². The number of halogens is 3. The number of amides is 2. The molecule has 5 nitrogen and oxygen atoms in total. The second-order valence-corrected chi connectivity index (χ2v) is 6.77. The van der Waals surface area contributed by atoms with Gasteiger partial charge in [-0.1, -0.05) is 18.5 Å². The van der Waals surface area contributed by atoms with E-state index in [0.29, 0.717) is 22.9 Å². The molecule has 0 saturated heterocycles. The van der Waals surface area contributed by atoms with E-state index in [2.05, 4.69) is 15.4 Å². The molecular formula is C19H17ClF2N2O3. The molecule has 3 rings (SSSR count). The summed E-state index contributed by atoms with van der Waals surface area (Å²) in [5, 5.41) is 5.39. The zero-order valence-corrected chi connectivity index (χ0v) is 15.1. The first-order valence-corrected chi connectivity index (χ1v) is 8.68. The molecule has 0 spiro atoms. The molecule has 0 aliphatic heterocycles. The summed E-state index contributed by atoms with van der Waals surface area (Å²) in [6.45, 7) is -0.958. The van der Waals surface area contributed by atoms with Gasteiger partial charge in [0.1, 0.15) is 5.75 Å². The number of alkyl halides is 2. The van der Waals surface area contributed by atoms with Crippen LogP contribution in [0.5, 0.6) is 5.75 Å². The van der Waals surface area contributed by atoms with Crippen LogP contribution in [0.15, 0.2) is 42.5 Å². The van der Waals surface area contributed by atoms with Crippen LogP contribution >= 0.6 is 11.6 Å². The first-order chi connectivity index (χ1) is 12.8. The molecule has 2 N–H and O–H groups in total. The molecule has 1 fully saturated rings. The second kappa shape index (κ2) is 7.92. The lowest BCUT2D eigenvalue weighted by Crippen LogP contribution is -2.15. The normalized spacial score (nSPS) is 18.1. The number of carbonyl (C=O) groups is 2. The Morgan fingerprint density at radius 2 is 1.74 bits per heavy atom. The third-order valence-electron chi connectivity index (χ3n) is 4.27. The average Bonchev–Trinajstić information content (AvgIpc) is 3.34. The highest BCUT2D eigenvalue weighted by atomic mass is 35.5. The molecule has 0 heterocycles. The fourth-order valence-electron chi connectivity index (χ4n) is 2.60. The highest BCUT2D eigenvalue weighted by Crippen LogP contribution is 2.38. The predicted octanol–water partition coefficient (Wildman–Crippen LogP) is 4.79. The van der Waals surface area contributed by atoms with Gasteiger partial charge in [-0.15, -0.1) is 0 Å². The summed E-state index contributed by atoms with van der Waals surface area (Å²) in [6.07, 6.45) is 0.899. The van der Waals surface area contributed by atoms with Crippen molar-refractivity contribution in [2.75, 3.05) is 10.6 Å². The minimum absolute atomic E-state index is 0.0135. The van der Waals surface area contributed by atoms with Crippen LogP contribution in [0.3, 0.4) is 0 Å². The second-order valence-electron chi connectivity index (χ2n) is 6.36. The van der Waals surface area contributed by atoms with Gasteiger partial charge in [-0.2, -0.15) is 8.78 Å². The van der Waals surface area contributed by atoms with Crippen molar-refractivity contribution >= 4 is 34.8 Å². The molecular weight excluding hydrogens is 378 g/mol. The molecule has 142 valence electrons. The van der Waals surface area contributed by atoms with E-state index >= 15 is 0 Å². The Hall–Kier alpha value is -2.67. The van der Waals surface area contributed by atoms with Crippen molar-refractivity contribution in [3.8, 4) is 5.75 Å². The molecule has 1 aliphatic carbocycles. The van der Waals surface area contributed by atoms with E-state index in [1.54, 1.807) is 24.3 Å². The maximum Gasteiger partial charge on any atom is 0.387 e. The lowest BCUT2D eigenvalue weighted by atomic mass is 10.2. The fourth-order valence-corrected chi connectivity index (χ4v) is 2.83. The molecule has 27 heavy (non-hydrogen) atoms. The van der Waals surface area contributed by atoms with Crippen molar-refractivity contribution in [2.24, 2.45) is 11.8 Å². The van der Waals surface area contributed by atoms with Gasteiger partial charge in [-0.3, -0.25) is 9.59 Å². The van der Waals surface area contributed by atoms with Gasteiger partial charge in [0.25, 0.3) is 5.91 Å². The van der Waals surface area contributed by atoms with E-state index in [0.717, 1.165) is 6.42 Å². The number of benzene rings is 2. The standard InChI is InChI=1S/C19H17ClF2N2O3/c1-10-8-14(10)18(26)23-12-4-2-11(3-5-12)17(25)24-13-6-7-16(15(20)9-13)27-19(21)22/h2-7,9-10,14,19H,8H2,1H3,(H,23,26)(H,24,25). The Kier molecular flexibility index (Phi) is 5.60. The van der Waals surface area contributed by atoms with E-state index in [4.69, 9.17) is 11.6 Å². The third-order valence-corrected chi connectivity index (χ3v) is 4.56. The first-order valence-electron chi connectivity index (χ1n) is 8.30. The highest BCUT2D eigenvalue weighted by Gasteiger charge is 2.39. The topological polar surface area (TPSA) is 67.4 Å².